The smallest absolute Gasteiger partial charge is 0.478 e. The molecule has 0 atom stereocenters. The molecule has 34 heavy (non-hydrogen) atoms. The lowest BCUT2D eigenvalue weighted by atomic mass is 9.97. The van der Waals surface area contributed by atoms with E-state index in [1.165, 1.54) is 0 Å². The van der Waals surface area contributed by atoms with Gasteiger partial charge in [-0.15, -0.1) is 0 Å². The molecule has 0 aliphatic rings. The number of carbonyl (C=O) groups is 1. The fraction of sp³-hybridized carbons (Fsp3) is 0.464. The maximum Gasteiger partial charge on any atom is 0.500 e. The van der Waals surface area contributed by atoms with Crippen LogP contribution in [0.5, 0.6) is 0 Å². The molecule has 5 nitrogen and oxygen atoms in total. The molecule has 6 heteroatoms. The minimum Gasteiger partial charge on any atom is -0.478 e. The van der Waals surface area contributed by atoms with Crippen LogP contribution < -0.4 is 0 Å². The van der Waals surface area contributed by atoms with Gasteiger partial charge >= 0.3 is 14.8 Å². The van der Waals surface area contributed by atoms with Crippen molar-refractivity contribution in [2.75, 3.05) is 19.8 Å². The second kappa shape index (κ2) is 14.9. The van der Waals surface area contributed by atoms with E-state index in [1.54, 1.807) is 0 Å². The number of benzene rings is 3. The molecule has 186 valence electrons. The molecule has 0 unspecified atom stereocenters. The van der Waals surface area contributed by atoms with Crippen LogP contribution in [-0.4, -0.2) is 39.7 Å². The number of carboxylic acids is 1. The average Bonchev–Trinajstić information content (AvgIpc) is 2.86. The maximum atomic E-state index is 11.4. The minimum absolute atomic E-state index is 0.388. The number of rotatable bonds is 13. The Bertz CT molecular complexity index is 929. The molecule has 0 fully saturated rings. The third-order valence-corrected chi connectivity index (χ3v) is 8.30. The third kappa shape index (κ3) is 7.91. The van der Waals surface area contributed by atoms with Crippen molar-refractivity contribution in [3.8, 4) is 0 Å². The Labute approximate surface area is 205 Å². The van der Waals surface area contributed by atoms with Crippen molar-refractivity contribution in [1.82, 2.24) is 0 Å². The van der Waals surface area contributed by atoms with Crippen molar-refractivity contribution >= 4 is 36.3 Å². The van der Waals surface area contributed by atoms with E-state index in [4.69, 9.17) is 13.3 Å². The monoisotopic (exact) mass is 484 g/mol. The molecule has 3 aromatic rings. The normalized spacial score (nSPS) is 11.4. The number of hydrogen-bond acceptors (Lipinski definition) is 4. The summed E-state index contributed by atoms with van der Waals surface area (Å²) in [6, 6.07) is 18.1. The first kappa shape index (κ1) is 28.0. The van der Waals surface area contributed by atoms with E-state index in [1.807, 2.05) is 54.6 Å². The van der Waals surface area contributed by atoms with Crippen LogP contribution >= 0.6 is 0 Å². The Kier molecular flexibility index (Phi) is 12.3. The summed E-state index contributed by atoms with van der Waals surface area (Å²) in [6.45, 7) is 10.8. The van der Waals surface area contributed by atoms with Crippen LogP contribution in [0.1, 0.15) is 70.2 Å². The molecule has 0 heterocycles. The van der Waals surface area contributed by atoms with Crippen LogP contribution in [0.3, 0.4) is 0 Å². The fourth-order valence-corrected chi connectivity index (χ4v) is 6.77. The summed E-state index contributed by atoms with van der Waals surface area (Å²) >= 11 is 0. The van der Waals surface area contributed by atoms with Gasteiger partial charge in [0.15, 0.2) is 0 Å². The molecule has 0 bridgehead atoms. The molecule has 0 aliphatic heterocycles. The van der Waals surface area contributed by atoms with Gasteiger partial charge in [-0.25, -0.2) is 4.79 Å². The van der Waals surface area contributed by atoms with Gasteiger partial charge in [-0.3, -0.25) is 0 Å². The van der Waals surface area contributed by atoms with E-state index in [-0.39, 0.29) is 0 Å². The van der Waals surface area contributed by atoms with Gasteiger partial charge < -0.3 is 18.4 Å². The van der Waals surface area contributed by atoms with Gasteiger partial charge in [0.05, 0.1) is 5.56 Å². The van der Waals surface area contributed by atoms with Crippen molar-refractivity contribution in [1.29, 1.82) is 0 Å². The quantitative estimate of drug-likeness (QED) is 0.199. The maximum absolute atomic E-state index is 11.4. The van der Waals surface area contributed by atoms with Crippen LogP contribution in [0.25, 0.3) is 21.5 Å². The predicted molar refractivity (Wildman–Crippen MR) is 143 cm³/mol. The van der Waals surface area contributed by atoms with E-state index in [0.29, 0.717) is 5.56 Å². The largest absolute Gasteiger partial charge is 0.500 e. The van der Waals surface area contributed by atoms with Crippen molar-refractivity contribution in [3.05, 3.63) is 60.2 Å². The third-order valence-electron chi connectivity index (χ3n) is 5.40. The second-order valence-electron chi connectivity index (χ2n) is 8.33. The van der Waals surface area contributed by atoms with Crippen LogP contribution in [-0.2, 0) is 13.3 Å². The van der Waals surface area contributed by atoms with Gasteiger partial charge in [-0.2, -0.15) is 0 Å². The highest BCUT2D eigenvalue weighted by Gasteiger charge is 2.40. The number of carboxylic acid groups (broad SMARTS) is 1. The molecule has 3 aromatic carbocycles. The summed E-state index contributed by atoms with van der Waals surface area (Å²) < 4.78 is 17.9. The molecule has 1 N–H and O–H groups in total. The highest BCUT2D eigenvalue weighted by Crippen LogP contribution is 2.28. The van der Waals surface area contributed by atoms with Crippen LogP contribution in [0.2, 0.25) is 6.04 Å². The van der Waals surface area contributed by atoms with Gasteiger partial charge in [0.1, 0.15) is 0 Å². The predicted octanol–water partition coefficient (Wildman–Crippen LogP) is 7.70. The summed E-state index contributed by atoms with van der Waals surface area (Å²) in [6.07, 6.45) is 5.35. The Hall–Kier alpha value is -2.25. The first-order valence-corrected chi connectivity index (χ1v) is 14.5. The van der Waals surface area contributed by atoms with Gasteiger partial charge in [0.2, 0.25) is 0 Å². The number of aromatic carboxylic acids is 1. The van der Waals surface area contributed by atoms with Crippen molar-refractivity contribution in [2.45, 2.75) is 65.8 Å². The fourth-order valence-electron chi connectivity index (χ4n) is 3.75. The standard InChI is InChI=1S/C15H10O2.C13H30O3Si/c16-15(17)14-12-7-3-1-5-10(12)9-11-6-2-4-8-13(11)14;1-5-9-13-17(14-10-6-2,15-11-7-3)16-12-8-4/h1-9H,(H,16,17);5-13H2,1-4H3. The minimum atomic E-state index is -2.38. The second-order valence-corrected chi connectivity index (χ2v) is 11.1. The lowest BCUT2D eigenvalue weighted by molar-refractivity contribution is 0.0586. The van der Waals surface area contributed by atoms with Crippen LogP contribution in [0.4, 0.5) is 0 Å². The SMILES string of the molecule is CCCC[Si](OCCC)(OCCC)OCCC.O=C(O)c1c2ccccc2cc2ccccc12. The zero-order valence-corrected chi connectivity index (χ0v) is 22.1. The summed E-state index contributed by atoms with van der Waals surface area (Å²) in [7, 11) is -2.38. The summed E-state index contributed by atoms with van der Waals surface area (Å²) in [5.74, 6) is -0.877. The van der Waals surface area contributed by atoms with Gasteiger partial charge in [-0.05, 0) is 53.3 Å². The molecular formula is C28H40O5Si. The van der Waals surface area contributed by atoms with E-state index in [9.17, 15) is 9.90 Å². The number of unbranched alkanes of at least 4 members (excludes halogenated alkanes) is 1. The Morgan fingerprint density at radius 3 is 1.56 bits per heavy atom. The zero-order valence-electron chi connectivity index (χ0n) is 21.1. The highest BCUT2D eigenvalue weighted by molar-refractivity contribution is 6.60. The summed E-state index contributed by atoms with van der Waals surface area (Å²) in [5, 5.41) is 12.9. The molecule has 3 rings (SSSR count). The lowest BCUT2D eigenvalue weighted by Gasteiger charge is -2.29. The molecule has 0 amide bonds. The van der Waals surface area contributed by atoms with Crippen LogP contribution in [0, 0.1) is 0 Å². The van der Waals surface area contributed by atoms with Gasteiger partial charge in [-0.1, -0.05) is 82.6 Å². The Morgan fingerprint density at radius 2 is 1.18 bits per heavy atom. The number of hydrogen-bond donors (Lipinski definition) is 1. The average molecular weight is 485 g/mol. The molecule has 0 aromatic heterocycles. The number of fused-ring (bicyclic) bond motifs is 2. The Balaban J connectivity index is 0.000000240. The summed E-state index contributed by atoms with van der Waals surface area (Å²) in [4.78, 5) is 11.4. The molecule has 0 saturated carbocycles. The van der Waals surface area contributed by atoms with E-state index in [2.05, 4.69) is 27.7 Å². The highest BCUT2D eigenvalue weighted by atomic mass is 28.4. The van der Waals surface area contributed by atoms with E-state index in [0.717, 1.165) is 79.5 Å². The summed E-state index contributed by atoms with van der Waals surface area (Å²) in [5.41, 5.74) is 0.388. The Morgan fingerprint density at radius 1 is 0.735 bits per heavy atom. The van der Waals surface area contributed by atoms with E-state index >= 15 is 0 Å². The lowest BCUT2D eigenvalue weighted by Crippen LogP contribution is -2.46. The topological polar surface area (TPSA) is 65.0 Å². The van der Waals surface area contributed by atoms with Gasteiger partial charge in [0.25, 0.3) is 0 Å². The van der Waals surface area contributed by atoms with Crippen LogP contribution in [0.15, 0.2) is 54.6 Å². The zero-order chi connectivity index (χ0) is 24.8. The molecule has 0 radical (unpaired) electrons. The first-order valence-electron chi connectivity index (χ1n) is 12.6. The van der Waals surface area contributed by atoms with E-state index < -0.39 is 14.8 Å². The first-order chi connectivity index (χ1) is 16.5. The van der Waals surface area contributed by atoms with Crippen molar-refractivity contribution in [3.63, 3.8) is 0 Å². The molecular weight excluding hydrogens is 444 g/mol. The van der Waals surface area contributed by atoms with Crippen molar-refractivity contribution in [2.24, 2.45) is 0 Å². The molecule has 0 spiro atoms. The van der Waals surface area contributed by atoms with Gasteiger partial charge in [0, 0.05) is 25.9 Å². The van der Waals surface area contributed by atoms with Crippen molar-refractivity contribution < 1.29 is 23.2 Å². The molecule has 0 saturated heterocycles. The molecule has 0 aliphatic carbocycles.